The standard InChI is InChI=1S/C31H43N3O5/c1-20-12-17-25(21(2)18-20)27(28(36)32-23-10-8-7-9-11-23)34(6)29(37)26(33-30(38)39-31(3,4)5)19-22-13-15-24(35)16-14-22/h12-18,23,26-27,35H,7-11,19H2,1-6H3,(H,32,36)(H,33,38). The van der Waals surface area contributed by atoms with Gasteiger partial charge in [-0.3, -0.25) is 9.59 Å². The van der Waals surface area contributed by atoms with Gasteiger partial charge in [0.15, 0.2) is 0 Å². The van der Waals surface area contributed by atoms with Crippen LogP contribution in [-0.4, -0.2) is 52.6 Å². The van der Waals surface area contributed by atoms with Crippen molar-refractivity contribution in [1.29, 1.82) is 0 Å². The smallest absolute Gasteiger partial charge is 0.408 e. The number of ether oxygens (including phenoxy) is 1. The lowest BCUT2D eigenvalue weighted by molar-refractivity contribution is -0.141. The number of alkyl carbamates (subject to hydrolysis) is 1. The van der Waals surface area contributed by atoms with Crippen LogP contribution in [0.2, 0.25) is 0 Å². The summed E-state index contributed by atoms with van der Waals surface area (Å²) >= 11 is 0. The van der Waals surface area contributed by atoms with Crippen LogP contribution in [0.25, 0.3) is 0 Å². The van der Waals surface area contributed by atoms with Crippen molar-refractivity contribution in [3.63, 3.8) is 0 Å². The number of phenolic OH excluding ortho intramolecular Hbond substituents is 1. The monoisotopic (exact) mass is 537 g/mol. The molecule has 1 fully saturated rings. The van der Waals surface area contributed by atoms with Crippen molar-refractivity contribution in [2.24, 2.45) is 0 Å². The molecule has 8 heteroatoms. The first kappa shape index (κ1) is 30.0. The van der Waals surface area contributed by atoms with Gasteiger partial charge in [0.05, 0.1) is 0 Å². The van der Waals surface area contributed by atoms with Crippen LogP contribution in [0.15, 0.2) is 42.5 Å². The van der Waals surface area contributed by atoms with Crippen LogP contribution >= 0.6 is 0 Å². The Bertz CT molecular complexity index is 1150. The molecule has 212 valence electrons. The number of benzene rings is 2. The Morgan fingerprint density at radius 3 is 2.26 bits per heavy atom. The van der Waals surface area contributed by atoms with E-state index in [4.69, 9.17) is 4.74 Å². The lowest BCUT2D eigenvalue weighted by atomic mass is 9.93. The molecular weight excluding hydrogens is 494 g/mol. The Labute approximate surface area is 232 Å². The molecule has 2 unspecified atom stereocenters. The SMILES string of the molecule is Cc1ccc(C(C(=O)NC2CCCCC2)N(C)C(=O)C(Cc2ccc(O)cc2)NC(=O)OC(C)(C)C)c(C)c1. The Hall–Kier alpha value is -3.55. The minimum Gasteiger partial charge on any atom is -0.508 e. The number of rotatable bonds is 8. The lowest BCUT2D eigenvalue weighted by Crippen LogP contribution is -2.53. The Balaban J connectivity index is 1.93. The summed E-state index contributed by atoms with van der Waals surface area (Å²) in [7, 11) is 1.60. The quantitative estimate of drug-likeness (QED) is 0.435. The number of carbonyl (C=O) groups excluding carboxylic acids is 3. The zero-order chi connectivity index (χ0) is 28.7. The number of aryl methyl sites for hydroxylation is 2. The molecule has 3 amide bonds. The first-order valence-electron chi connectivity index (χ1n) is 13.8. The van der Waals surface area contributed by atoms with Crippen LogP contribution < -0.4 is 10.6 Å². The highest BCUT2D eigenvalue weighted by Crippen LogP contribution is 2.27. The van der Waals surface area contributed by atoms with E-state index in [1.807, 2.05) is 32.0 Å². The molecule has 3 rings (SSSR count). The van der Waals surface area contributed by atoms with E-state index in [0.29, 0.717) is 0 Å². The number of amides is 3. The molecule has 1 aliphatic rings. The van der Waals surface area contributed by atoms with Crippen molar-refractivity contribution in [2.45, 2.75) is 96.9 Å². The van der Waals surface area contributed by atoms with Crippen molar-refractivity contribution in [3.05, 3.63) is 64.7 Å². The van der Waals surface area contributed by atoms with Gasteiger partial charge in [-0.05, 0) is 76.3 Å². The number of nitrogens with zero attached hydrogens (tertiary/aromatic N) is 1. The largest absolute Gasteiger partial charge is 0.508 e. The summed E-state index contributed by atoms with van der Waals surface area (Å²) in [6.45, 7) is 9.18. The maximum Gasteiger partial charge on any atom is 0.408 e. The Morgan fingerprint density at radius 1 is 1.03 bits per heavy atom. The van der Waals surface area contributed by atoms with Gasteiger partial charge in [0, 0.05) is 19.5 Å². The molecule has 2 atom stereocenters. The van der Waals surface area contributed by atoms with Crippen LogP contribution in [-0.2, 0) is 20.7 Å². The average molecular weight is 538 g/mol. The number of likely N-dealkylation sites (N-methyl/N-ethyl adjacent to an activating group) is 1. The second-order valence-electron chi connectivity index (χ2n) is 11.6. The topological polar surface area (TPSA) is 108 Å². The number of hydrogen-bond acceptors (Lipinski definition) is 5. The molecule has 2 aromatic rings. The Kier molecular flexibility index (Phi) is 10.0. The number of phenols is 1. The summed E-state index contributed by atoms with van der Waals surface area (Å²) in [5.74, 6) is -0.545. The molecule has 0 heterocycles. The van der Waals surface area contributed by atoms with E-state index in [-0.39, 0.29) is 24.1 Å². The van der Waals surface area contributed by atoms with Crippen LogP contribution in [0.3, 0.4) is 0 Å². The van der Waals surface area contributed by atoms with Crippen molar-refractivity contribution >= 4 is 17.9 Å². The van der Waals surface area contributed by atoms with E-state index in [9.17, 15) is 19.5 Å². The molecule has 0 bridgehead atoms. The van der Waals surface area contributed by atoms with Crippen LogP contribution in [0, 0.1) is 13.8 Å². The zero-order valence-corrected chi connectivity index (χ0v) is 24.0. The Morgan fingerprint density at radius 2 is 1.67 bits per heavy atom. The number of hydrogen-bond donors (Lipinski definition) is 3. The molecule has 2 aromatic carbocycles. The highest BCUT2D eigenvalue weighted by atomic mass is 16.6. The predicted octanol–water partition coefficient (Wildman–Crippen LogP) is 5.09. The third-order valence-corrected chi connectivity index (χ3v) is 7.02. The molecule has 3 N–H and O–H groups in total. The molecular formula is C31H43N3O5. The van der Waals surface area contributed by atoms with E-state index in [2.05, 4.69) is 10.6 Å². The molecule has 1 saturated carbocycles. The average Bonchev–Trinajstić information content (AvgIpc) is 2.85. The molecule has 0 aliphatic heterocycles. The van der Waals surface area contributed by atoms with Gasteiger partial charge in [0.1, 0.15) is 23.4 Å². The fourth-order valence-corrected chi connectivity index (χ4v) is 5.08. The first-order chi connectivity index (χ1) is 18.3. The number of nitrogens with one attached hydrogen (secondary N) is 2. The molecule has 0 aromatic heterocycles. The van der Waals surface area contributed by atoms with Crippen molar-refractivity contribution in [3.8, 4) is 5.75 Å². The highest BCUT2D eigenvalue weighted by Gasteiger charge is 2.35. The second-order valence-corrected chi connectivity index (χ2v) is 11.6. The molecule has 0 radical (unpaired) electrons. The third-order valence-electron chi connectivity index (χ3n) is 7.02. The van der Waals surface area contributed by atoms with Crippen LogP contribution in [0.1, 0.15) is 81.2 Å². The van der Waals surface area contributed by atoms with Gasteiger partial charge >= 0.3 is 6.09 Å². The van der Waals surface area contributed by atoms with Gasteiger partial charge in [-0.2, -0.15) is 0 Å². The molecule has 1 aliphatic carbocycles. The lowest BCUT2D eigenvalue weighted by Gasteiger charge is -2.34. The van der Waals surface area contributed by atoms with E-state index < -0.39 is 29.7 Å². The minimum absolute atomic E-state index is 0.0793. The summed E-state index contributed by atoms with van der Waals surface area (Å²) in [4.78, 5) is 42.0. The molecule has 39 heavy (non-hydrogen) atoms. The normalized spacial score (nSPS) is 15.6. The maximum absolute atomic E-state index is 14.0. The molecule has 0 spiro atoms. The summed E-state index contributed by atoms with van der Waals surface area (Å²) in [6.07, 6.45) is 4.60. The third kappa shape index (κ3) is 8.73. The van der Waals surface area contributed by atoms with Crippen molar-refractivity contribution < 1.29 is 24.2 Å². The molecule has 0 saturated heterocycles. The van der Waals surface area contributed by atoms with Gasteiger partial charge in [-0.1, -0.05) is 55.2 Å². The number of carbonyl (C=O) groups is 3. The van der Waals surface area contributed by atoms with Crippen molar-refractivity contribution in [2.75, 3.05) is 7.05 Å². The first-order valence-corrected chi connectivity index (χ1v) is 13.8. The summed E-state index contributed by atoms with van der Waals surface area (Å²) < 4.78 is 5.44. The van der Waals surface area contributed by atoms with Gasteiger partial charge < -0.3 is 25.4 Å². The number of aromatic hydroxyl groups is 1. The van der Waals surface area contributed by atoms with Gasteiger partial charge in [0.25, 0.3) is 0 Å². The minimum atomic E-state index is -0.995. The van der Waals surface area contributed by atoms with Gasteiger partial charge in [0.2, 0.25) is 11.8 Å². The summed E-state index contributed by atoms with van der Waals surface area (Å²) in [5, 5.41) is 15.6. The van der Waals surface area contributed by atoms with E-state index in [1.165, 1.54) is 23.5 Å². The molecule has 8 nitrogen and oxygen atoms in total. The van der Waals surface area contributed by atoms with E-state index in [1.54, 1.807) is 40.0 Å². The van der Waals surface area contributed by atoms with Crippen LogP contribution in [0.4, 0.5) is 4.79 Å². The fourth-order valence-electron chi connectivity index (χ4n) is 5.08. The zero-order valence-electron chi connectivity index (χ0n) is 24.0. The van der Waals surface area contributed by atoms with Crippen LogP contribution in [0.5, 0.6) is 5.75 Å². The van der Waals surface area contributed by atoms with Gasteiger partial charge in [-0.25, -0.2) is 4.79 Å². The fraction of sp³-hybridized carbons (Fsp3) is 0.516. The second kappa shape index (κ2) is 13.0. The van der Waals surface area contributed by atoms with Crippen molar-refractivity contribution in [1.82, 2.24) is 15.5 Å². The van der Waals surface area contributed by atoms with E-state index in [0.717, 1.165) is 47.9 Å². The predicted molar refractivity (Wildman–Crippen MR) is 151 cm³/mol. The van der Waals surface area contributed by atoms with Gasteiger partial charge in [-0.15, -0.1) is 0 Å². The van der Waals surface area contributed by atoms with E-state index >= 15 is 0 Å². The summed E-state index contributed by atoms with van der Waals surface area (Å²) in [5.41, 5.74) is 2.71. The highest BCUT2D eigenvalue weighted by molar-refractivity contribution is 5.92. The maximum atomic E-state index is 14.0. The summed E-state index contributed by atoms with van der Waals surface area (Å²) in [6, 6.07) is 10.5.